The number of aromatic nitrogens is 3. The molecular weight excluding hydrogens is 344 g/mol. The van der Waals surface area contributed by atoms with E-state index in [9.17, 15) is 14.9 Å². The van der Waals surface area contributed by atoms with E-state index in [1.165, 1.54) is 29.8 Å². The van der Waals surface area contributed by atoms with Crippen LogP contribution in [0.2, 0.25) is 0 Å². The fourth-order valence-electron chi connectivity index (χ4n) is 2.35. The summed E-state index contributed by atoms with van der Waals surface area (Å²) in [6.07, 6.45) is -0.863. The molecule has 3 aromatic rings. The Morgan fingerprint density at radius 1 is 1.28 bits per heavy atom. The Labute approximate surface area is 147 Å². The van der Waals surface area contributed by atoms with Crippen LogP contribution in [0, 0.1) is 10.1 Å². The molecule has 1 atom stereocenters. The van der Waals surface area contributed by atoms with Gasteiger partial charge >= 0.3 is 5.97 Å². The number of esters is 1. The minimum Gasteiger partial charge on any atom is -0.450 e. The Balaban J connectivity index is 2.08. The van der Waals surface area contributed by atoms with Crippen molar-refractivity contribution in [2.45, 2.75) is 13.0 Å². The minimum atomic E-state index is -0.863. The van der Waals surface area contributed by atoms with Gasteiger partial charge in [-0.1, -0.05) is 47.8 Å². The van der Waals surface area contributed by atoms with E-state index in [0.717, 1.165) is 0 Å². The number of nitro benzene ring substituents is 1. The van der Waals surface area contributed by atoms with Gasteiger partial charge in [0, 0.05) is 19.1 Å². The van der Waals surface area contributed by atoms with Crippen molar-refractivity contribution in [2.24, 2.45) is 0 Å². The van der Waals surface area contributed by atoms with Crippen LogP contribution in [0.4, 0.5) is 5.69 Å². The largest absolute Gasteiger partial charge is 0.450 e. The van der Waals surface area contributed by atoms with Gasteiger partial charge in [-0.15, -0.1) is 5.10 Å². The van der Waals surface area contributed by atoms with Crippen molar-refractivity contribution >= 4 is 39.9 Å². The Morgan fingerprint density at radius 2 is 2.00 bits per heavy atom. The molecule has 0 saturated carbocycles. The second-order valence-corrected chi connectivity index (χ2v) is 5.59. The van der Waals surface area contributed by atoms with Crippen molar-refractivity contribution < 1.29 is 14.5 Å². The molecule has 0 aliphatic carbocycles. The maximum absolute atomic E-state index is 11.5. The van der Waals surface area contributed by atoms with Crippen LogP contribution in [0.15, 0.2) is 48.5 Å². The van der Waals surface area contributed by atoms with Gasteiger partial charge in [-0.25, -0.2) is 4.68 Å². The third kappa shape index (κ3) is 3.36. The van der Waals surface area contributed by atoms with E-state index < -0.39 is 17.0 Å². The van der Waals surface area contributed by atoms with Gasteiger partial charge in [0.1, 0.15) is 11.0 Å². The summed E-state index contributed by atoms with van der Waals surface area (Å²) in [5.41, 5.74) is 1.37. The predicted molar refractivity (Wildman–Crippen MR) is 93.1 cm³/mol. The van der Waals surface area contributed by atoms with Gasteiger partial charge in [0.25, 0.3) is 5.69 Å². The van der Waals surface area contributed by atoms with Crippen LogP contribution in [0.1, 0.15) is 18.6 Å². The lowest BCUT2D eigenvalue weighted by Gasteiger charge is -2.18. The Morgan fingerprint density at radius 3 is 2.64 bits per heavy atom. The first-order valence-electron chi connectivity index (χ1n) is 7.23. The zero-order valence-corrected chi connectivity index (χ0v) is 13.8. The summed E-state index contributed by atoms with van der Waals surface area (Å²) in [6.45, 7) is 1.28. The standard InChI is InChI=1S/C16H12N4O4S/c1-10(21)24-15(11-5-3-2-4-6-11)16(25)19-14-9-12(20(22)23)7-8-13(14)17-18-19/h2-9,15H,1H3/t15-/m1/s1. The van der Waals surface area contributed by atoms with Gasteiger partial charge in [0.2, 0.25) is 0 Å². The second kappa shape index (κ2) is 6.73. The van der Waals surface area contributed by atoms with Crippen molar-refractivity contribution in [3.05, 3.63) is 64.2 Å². The molecule has 0 saturated heterocycles. The summed E-state index contributed by atoms with van der Waals surface area (Å²) in [5.74, 6) is -0.508. The number of carbonyl (C=O) groups excluding carboxylic acids is 1. The highest BCUT2D eigenvalue weighted by molar-refractivity contribution is 7.80. The maximum Gasteiger partial charge on any atom is 0.303 e. The number of ether oxygens (including phenoxy) is 1. The molecule has 0 radical (unpaired) electrons. The second-order valence-electron chi connectivity index (χ2n) is 5.17. The van der Waals surface area contributed by atoms with Crippen LogP contribution in [-0.2, 0) is 9.53 Å². The maximum atomic E-state index is 11.5. The van der Waals surface area contributed by atoms with Crippen molar-refractivity contribution in [3.8, 4) is 0 Å². The minimum absolute atomic E-state index is 0.109. The van der Waals surface area contributed by atoms with Gasteiger partial charge in [0.05, 0.1) is 4.92 Å². The lowest BCUT2D eigenvalue weighted by atomic mass is 10.1. The van der Waals surface area contributed by atoms with Crippen LogP contribution >= 0.6 is 12.2 Å². The van der Waals surface area contributed by atoms with Crippen molar-refractivity contribution in [1.82, 2.24) is 15.0 Å². The van der Waals surface area contributed by atoms with Gasteiger partial charge in [-0.05, 0) is 11.6 Å². The van der Waals surface area contributed by atoms with E-state index >= 15 is 0 Å². The molecule has 0 bridgehead atoms. The highest BCUT2D eigenvalue weighted by Gasteiger charge is 2.24. The fraction of sp³-hybridized carbons (Fsp3) is 0.125. The zero-order valence-electron chi connectivity index (χ0n) is 13.0. The number of fused-ring (bicyclic) bond motifs is 1. The zero-order chi connectivity index (χ0) is 18.0. The van der Waals surface area contributed by atoms with Crippen LogP contribution in [0.5, 0.6) is 0 Å². The summed E-state index contributed by atoms with van der Waals surface area (Å²) < 4.78 is 6.62. The molecule has 0 aliphatic rings. The third-order valence-electron chi connectivity index (χ3n) is 3.46. The number of hydrogen-bond acceptors (Lipinski definition) is 7. The summed E-state index contributed by atoms with van der Waals surface area (Å²) in [7, 11) is 0. The number of hydrogen-bond donors (Lipinski definition) is 0. The van der Waals surface area contributed by atoms with Crippen LogP contribution in [-0.4, -0.2) is 30.9 Å². The number of nitrogens with zero attached hydrogens (tertiary/aromatic N) is 4. The molecule has 0 aliphatic heterocycles. The molecule has 9 heteroatoms. The third-order valence-corrected chi connectivity index (χ3v) is 3.85. The number of carbonyl (C=O) groups is 1. The van der Waals surface area contributed by atoms with Crippen molar-refractivity contribution in [1.29, 1.82) is 0 Å². The van der Waals surface area contributed by atoms with Gasteiger partial charge in [0.15, 0.2) is 11.1 Å². The van der Waals surface area contributed by atoms with E-state index in [-0.39, 0.29) is 10.7 Å². The molecule has 126 valence electrons. The first kappa shape index (κ1) is 16.7. The summed E-state index contributed by atoms with van der Waals surface area (Å²) in [5, 5.41) is 18.9. The number of non-ortho nitro benzene ring substituents is 1. The molecule has 0 spiro atoms. The molecule has 25 heavy (non-hydrogen) atoms. The summed E-state index contributed by atoms with van der Waals surface area (Å²) in [4.78, 5) is 22.1. The first-order chi connectivity index (χ1) is 12.0. The van der Waals surface area contributed by atoms with E-state index in [2.05, 4.69) is 10.3 Å². The smallest absolute Gasteiger partial charge is 0.303 e. The highest BCUT2D eigenvalue weighted by atomic mass is 32.1. The lowest BCUT2D eigenvalue weighted by Crippen LogP contribution is -2.24. The van der Waals surface area contributed by atoms with Crippen LogP contribution < -0.4 is 0 Å². The number of thiocarbonyl (C=S) groups is 1. The van der Waals surface area contributed by atoms with Gasteiger partial charge < -0.3 is 4.74 Å². The van der Waals surface area contributed by atoms with Crippen molar-refractivity contribution in [2.75, 3.05) is 0 Å². The summed E-state index contributed by atoms with van der Waals surface area (Å²) >= 11 is 5.45. The topological polar surface area (TPSA) is 100 Å². The SMILES string of the molecule is CC(=O)O[C@@H](C(=S)n1nnc2ccc([N+](=O)[O-])cc21)c1ccccc1. The van der Waals surface area contributed by atoms with E-state index in [0.29, 0.717) is 16.6 Å². The predicted octanol–water partition coefficient (Wildman–Crippen LogP) is 2.82. The molecule has 0 unspecified atom stereocenters. The molecule has 0 amide bonds. The first-order valence-corrected chi connectivity index (χ1v) is 7.64. The van der Waals surface area contributed by atoms with Gasteiger partial charge in [-0.2, -0.15) is 0 Å². The fourth-order valence-corrected chi connectivity index (χ4v) is 2.67. The Kier molecular flexibility index (Phi) is 4.48. The van der Waals surface area contributed by atoms with E-state index in [1.54, 1.807) is 24.3 Å². The molecule has 0 fully saturated rings. The van der Waals surface area contributed by atoms with Crippen molar-refractivity contribution in [3.63, 3.8) is 0 Å². The molecule has 3 rings (SSSR count). The number of rotatable bonds is 4. The quantitative estimate of drug-likeness (QED) is 0.307. The number of benzene rings is 2. The summed E-state index contributed by atoms with van der Waals surface area (Å²) in [6, 6.07) is 13.1. The molecule has 2 aromatic carbocycles. The molecular formula is C16H12N4O4S. The monoisotopic (exact) mass is 356 g/mol. The average Bonchev–Trinajstić information content (AvgIpc) is 3.02. The highest BCUT2D eigenvalue weighted by Crippen LogP contribution is 2.24. The number of nitro groups is 1. The van der Waals surface area contributed by atoms with Gasteiger partial charge in [-0.3, -0.25) is 14.9 Å². The Bertz CT molecular complexity index is 971. The Hall–Kier alpha value is -3.20. The molecule has 8 nitrogen and oxygen atoms in total. The molecule has 1 aromatic heterocycles. The molecule has 1 heterocycles. The van der Waals surface area contributed by atoms with E-state index in [4.69, 9.17) is 17.0 Å². The van der Waals surface area contributed by atoms with Crippen LogP contribution in [0.3, 0.4) is 0 Å². The molecule has 0 N–H and O–H groups in total. The van der Waals surface area contributed by atoms with E-state index in [1.807, 2.05) is 6.07 Å². The normalized spacial score (nSPS) is 11.9. The van der Waals surface area contributed by atoms with Crippen LogP contribution in [0.25, 0.3) is 11.0 Å². The average molecular weight is 356 g/mol. The lowest BCUT2D eigenvalue weighted by molar-refractivity contribution is -0.384.